The molecule has 0 saturated heterocycles. The molecular weight excluding hydrogens is 234 g/mol. The fraction of sp³-hybridized carbons (Fsp3) is 0.462. The van der Waals surface area contributed by atoms with E-state index in [1.807, 2.05) is 18.9 Å². The van der Waals surface area contributed by atoms with E-state index in [-0.39, 0.29) is 12.2 Å². The maximum atomic E-state index is 10.8. The Kier molecular flexibility index (Phi) is 5.12. The van der Waals surface area contributed by atoms with Crippen LogP contribution in [0.1, 0.15) is 15.9 Å². The summed E-state index contributed by atoms with van der Waals surface area (Å²) < 4.78 is 4.87. The van der Waals surface area contributed by atoms with Crippen LogP contribution in [0, 0.1) is 6.92 Å². The Morgan fingerprint density at radius 1 is 1.50 bits per heavy atom. The lowest BCUT2D eigenvalue weighted by Gasteiger charge is -2.24. The highest BCUT2D eigenvalue weighted by atomic mass is 16.5. The number of aryl methyl sites for hydroxylation is 1. The highest BCUT2D eigenvalue weighted by molar-refractivity contribution is 5.88. The van der Waals surface area contributed by atoms with E-state index in [1.54, 1.807) is 18.2 Å². The first-order valence-corrected chi connectivity index (χ1v) is 5.67. The number of carboxylic acids is 1. The molecule has 2 N–H and O–H groups in total. The molecule has 0 saturated carbocycles. The second-order valence-corrected chi connectivity index (χ2v) is 4.30. The lowest BCUT2D eigenvalue weighted by molar-refractivity contribution is 0.0691. The molecule has 0 aliphatic carbocycles. The van der Waals surface area contributed by atoms with Crippen molar-refractivity contribution in [1.82, 2.24) is 0 Å². The van der Waals surface area contributed by atoms with E-state index in [9.17, 15) is 9.90 Å². The monoisotopic (exact) mass is 253 g/mol. The van der Waals surface area contributed by atoms with E-state index in [1.165, 1.54) is 7.11 Å². The Hall–Kier alpha value is -1.59. The number of aliphatic hydroxyl groups is 1. The number of carboxylic acid groups (broad SMARTS) is 1. The van der Waals surface area contributed by atoms with E-state index in [2.05, 4.69) is 0 Å². The quantitative estimate of drug-likeness (QED) is 0.795. The fourth-order valence-electron chi connectivity index (χ4n) is 1.88. The van der Waals surface area contributed by atoms with E-state index < -0.39 is 12.1 Å². The molecule has 0 radical (unpaired) electrons. The normalized spacial score (nSPS) is 12.2. The largest absolute Gasteiger partial charge is 0.478 e. The Labute approximate surface area is 107 Å². The molecule has 0 bridgehead atoms. The average molecular weight is 253 g/mol. The van der Waals surface area contributed by atoms with E-state index >= 15 is 0 Å². The number of aliphatic hydroxyl groups excluding tert-OH is 1. The minimum Gasteiger partial charge on any atom is -0.478 e. The smallest absolute Gasteiger partial charge is 0.335 e. The SMILES string of the molecule is COCC(O)CN(C)c1ccc(C(=O)O)cc1C. The van der Waals surface area contributed by atoms with Crippen LogP contribution >= 0.6 is 0 Å². The third-order valence-electron chi connectivity index (χ3n) is 2.70. The van der Waals surface area contributed by atoms with Crippen molar-refractivity contribution in [3.05, 3.63) is 29.3 Å². The van der Waals surface area contributed by atoms with Gasteiger partial charge in [-0.2, -0.15) is 0 Å². The van der Waals surface area contributed by atoms with Crippen LogP contribution in [-0.4, -0.2) is 49.6 Å². The molecule has 1 atom stereocenters. The molecule has 1 rings (SSSR count). The fourth-order valence-corrected chi connectivity index (χ4v) is 1.88. The van der Waals surface area contributed by atoms with Gasteiger partial charge in [-0.3, -0.25) is 0 Å². The highest BCUT2D eigenvalue weighted by Gasteiger charge is 2.12. The number of aromatic carboxylic acids is 1. The minimum absolute atomic E-state index is 0.266. The molecule has 0 aromatic heterocycles. The van der Waals surface area contributed by atoms with Crippen molar-refractivity contribution < 1.29 is 19.7 Å². The van der Waals surface area contributed by atoms with Gasteiger partial charge in [0, 0.05) is 26.4 Å². The Morgan fingerprint density at radius 2 is 2.17 bits per heavy atom. The predicted molar refractivity (Wildman–Crippen MR) is 69.3 cm³/mol. The third kappa shape index (κ3) is 3.72. The molecule has 5 nitrogen and oxygen atoms in total. The summed E-state index contributed by atoms with van der Waals surface area (Å²) in [5.74, 6) is -0.938. The summed E-state index contributed by atoms with van der Waals surface area (Å²) in [7, 11) is 3.39. The molecule has 0 aliphatic rings. The van der Waals surface area contributed by atoms with Gasteiger partial charge in [0.05, 0.1) is 18.3 Å². The van der Waals surface area contributed by atoms with Crippen LogP contribution in [0.3, 0.4) is 0 Å². The molecule has 5 heteroatoms. The standard InChI is InChI=1S/C13H19NO4/c1-9-6-10(13(16)17)4-5-12(9)14(2)7-11(15)8-18-3/h4-6,11,15H,7-8H2,1-3H3,(H,16,17). The number of carbonyl (C=O) groups is 1. The number of likely N-dealkylation sites (N-methyl/N-ethyl adjacent to an activating group) is 1. The number of anilines is 1. The van der Waals surface area contributed by atoms with Crippen molar-refractivity contribution in [2.45, 2.75) is 13.0 Å². The van der Waals surface area contributed by atoms with Crippen LogP contribution in [-0.2, 0) is 4.74 Å². The number of rotatable bonds is 6. The van der Waals surface area contributed by atoms with Crippen molar-refractivity contribution in [2.75, 3.05) is 32.2 Å². The zero-order valence-corrected chi connectivity index (χ0v) is 10.9. The van der Waals surface area contributed by atoms with Crippen molar-refractivity contribution in [2.24, 2.45) is 0 Å². The number of benzene rings is 1. The highest BCUT2D eigenvalue weighted by Crippen LogP contribution is 2.20. The Balaban J connectivity index is 2.80. The number of nitrogens with zero attached hydrogens (tertiary/aromatic N) is 1. The number of ether oxygens (including phenoxy) is 1. The van der Waals surface area contributed by atoms with Crippen LogP contribution in [0.5, 0.6) is 0 Å². The molecule has 0 aliphatic heterocycles. The van der Waals surface area contributed by atoms with Crippen LogP contribution in [0.4, 0.5) is 5.69 Å². The Bertz CT molecular complexity index is 419. The average Bonchev–Trinajstić information content (AvgIpc) is 2.28. The summed E-state index contributed by atoms with van der Waals surface area (Å²) in [5, 5.41) is 18.5. The lowest BCUT2D eigenvalue weighted by Crippen LogP contribution is -2.32. The Morgan fingerprint density at radius 3 is 2.67 bits per heavy atom. The van der Waals surface area contributed by atoms with Crippen molar-refractivity contribution in [1.29, 1.82) is 0 Å². The van der Waals surface area contributed by atoms with Gasteiger partial charge in [-0.15, -0.1) is 0 Å². The molecule has 0 spiro atoms. The van der Waals surface area contributed by atoms with Gasteiger partial charge in [0.2, 0.25) is 0 Å². The first-order valence-electron chi connectivity index (χ1n) is 5.67. The van der Waals surface area contributed by atoms with Gasteiger partial charge >= 0.3 is 5.97 Å². The van der Waals surface area contributed by atoms with Gasteiger partial charge in [0.25, 0.3) is 0 Å². The van der Waals surface area contributed by atoms with Gasteiger partial charge in [-0.1, -0.05) is 0 Å². The van der Waals surface area contributed by atoms with Crippen LogP contribution < -0.4 is 4.90 Å². The van der Waals surface area contributed by atoms with Crippen molar-refractivity contribution in [3.8, 4) is 0 Å². The van der Waals surface area contributed by atoms with Crippen LogP contribution in [0.15, 0.2) is 18.2 Å². The first kappa shape index (κ1) is 14.5. The summed E-state index contributed by atoms with van der Waals surface area (Å²) in [5.41, 5.74) is 2.03. The summed E-state index contributed by atoms with van der Waals surface area (Å²) in [4.78, 5) is 12.7. The second-order valence-electron chi connectivity index (χ2n) is 4.30. The van der Waals surface area contributed by atoms with Crippen LogP contribution in [0.25, 0.3) is 0 Å². The minimum atomic E-state index is -0.938. The first-order chi connectivity index (χ1) is 8.45. The second kappa shape index (κ2) is 6.37. The molecule has 1 unspecified atom stereocenters. The van der Waals surface area contributed by atoms with Crippen molar-refractivity contribution >= 4 is 11.7 Å². The molecule has 1 aromatic rings. The number of methoxy groups -OCH3 is 1. The molecule has 0 fully saturated rings. The summed E-state index contributed by atoms with van der Waals surface area (Å²) in [6.45, 7) is 2.55. The van der Waals surface area contributed by atoms with Gasteiger partial charge in [0.1, 0.15) is 0 Å². The van der Waals surface area contributed by atoms with Crippen molar-refractivity contribution in [3.63, 3.8) is 0 Å². The number of hydrogen-bond donors (Lipinski definition) is 2. The predicted octanol–water partition coefficient (Wildman–Crippen LogP) is 1.14. The molecule has 1 aromatic carbocycles. The molecular formula is C13H19NO4. The van der Waals surface area contributed by atoms with E-state index in [4.69, 9.17) is 9.84 Å². The van der Waals surface area contributed by atoms with Crippen LogP contribution in [0.2, 0.25) is 0 Å². The summed E-state index contributed by atoms with van der Waals surface area (Å²) in [6.07, 6.45) is -0.571. The molecule has 100 valence electrons. The summed E-state index contributed by atoms with van der Waals surface area (Å²) in [6, 6.07) is 4.93. The van der Waals surface area contributed by atoms with Gasteiger partial charge < -0.3 is 19.8 Å². The van der Waals surface area contributed by atoms with Gasteiger partial charge in [0.15, 0.2) is 0 Å². The maximum Gasteiger partial charge on any atom is 0.335 e. The molecule has 0 amide bonds. The maximum absolute atomic E-state index is 10.8. The van der Waals surface area contributed by atoms with E-state index in [0.29, 0.717) is 6.54 Å². The number of hydrogen-bond acceptors (Lipinski definition) is 4. The zero-order valence-electron chi connectivity index (χ0n) is 10.9. The van der Waals surface area contributed by atoms with Gasteiger partial charge in [-0.25, -0.2) is 4.79 Å². The molecule has 0 heterocycles. The molecule has 18 heavy (non-hydrogen) atoms. The third-order valence-corrected chi connectivity index (χ3v) is 2.70. The summed E-state index contributed by atoms with van der Waals surface area (Å²) >= 11 is 0. The lowest BCUT2D eigenvalue weighted by atomic mass is 10.1. The topological polar surface area (TPSA) is 70.0 Å². The zero-order chi connectivity index (χ0) is 13.7. The van der Waals surface area contributed by atoms with E-state index in [0.717, 1.165) is 11.3 Å². The van der Waals surface area contributed by atoms with Gasteiger partial charge in [-0.05, 0) is 30.7 Å².